The number of piperidine rings is 1. The molecule has 0 spiro atoms. The van der Waals surface area contributed by atoms with E-state index in [4.69, 9.17) is 5.84 Å². The van der Waals surface area contributed by atoms with Gasteiger partial charge in [-0.3, -0.25) is 5.84 Å². The number of nitrogens with one attached hydrogen (secondary N) is 1. The van der Waals surface area contributed by atoms with E-state index in [-0.39, 0.29) is 0 Å². The molecule has 2 fully saturated rings. The van der Waals surface area contributed by atoms with Crippen molar-refractivity contribution in [2.45, 2.75) is 44.2 Å². The molecular weight excluding hydrogens is 162 g/mol. The fourth-order valence-electron chi connectivity index (χ4n) is 3.05. The van der Waals surface area contributed by atoms with Crippen LogP contribution in [-0.4, -0.2) is 30.7 Å². The van der Waals surface area contributed by atoms with Crippen molar-refractivity contribution in [1.82, 2.24) is 10.3 Å². The Morgan fingerprint density at radius 2 is 2.00 bits per heavy atom. The van der Waals surface area contributed by atoms with Crippen LogP contribution in [0.15, 0.2) is 0 Å². The van der Waals surface area contributed by atoms with Crippen molar-refractivity contribution >= 4 is 0 Å². The van der Waals surface area contributed by atoms with E-state index in [9.17, 15) is 0 Å². The SMILES string of the molecule is CNC1CCN(N)C2CCCCC12. The Labute approximate surface area is 80.6 Å². The number of rotatable bonds is 1. The molecule has 3 N–H and O–H groups in total. The molecule has 1 saturated carbocycles. The first-order valence-electron chi connectivity index (χ1n) is 5.51. The first-order chi connectivity index (χ1) is 6.33. The second kappa shape index (κ2) is 3.95. The molecule has 0 bridgehead atoms. The number of hydrazine groups is 1. The Hall–Kier alpha value is -0.120. The molecule has 2 aliphatic rings. The third-order valence-corrected chi connectivity index (χ3v) is 3.79. The molecule has 1 aliphatic heterocycles. The van der Waals surface area contributed by atoms with Crippen LogP contribution < -0.4 is 11.2 Å². The highest BCUT2D eigenvalue weighted by molar-refractivity contribution is 4.92. The van der Waals surface area contributed by atoms with Gasteiger partial charge in [0.2, 0.25) is 0 Å². The van der Waals surface area contributed by atoms with E-state index in [0.717, 1.165) is 12.5 Å². The summed E-state index contributed by atoms with van der Waals surface area (Å²) in [7, 11) is 2.09. The van der Waals surface area contributed by atoms with Crippen LogP contribution in [-0.2, 0) is 0 Å². The number of hydrogen-bond donors (Lipinski definition) is 2. The molecule has 3 atom stereocenters. The van der Waals surface area contributed by atoms with E-state index in [1.54, 1.807) is 0 Å². The van der Waals surface area contributed by atoms with Gasteiger partial charge in [-0.2, -0.15) is 0 Å². The highest BCUT2D eigenvalue weighted by atomic mass is 15.4. The van der Waals surface area contributed by atoms with Crippen LogP contribution in [0, 0.1) is 5.92 Å². The zero-order valence-corrected chi connectivity index (χ0v) is 8.50. The number of nitrogens with zero attached hydrogens (tertiary/aromatic N) is 1. The minimum absolute atomic E-state index is 0.653. The predicted molar refractivity (Wildman–Crippen MR) is 54.1 cm³/mol. The largest absolute Gasteiger partial charge is 0.317 e. The second-order valence-electron chi connectivity index (χ2n) is 4.44. The summed E-state index contributed by atoms with van der Waals surface area (Å²) < 4.78 is 0. The van der Waals surface area contributed by atoms with Gasteiger partial charge >= 0.3 is 0 Å². The van der Waals surface area contributed by atoms with E-state index in [2.05, 4.69) is 17.4 Å². The van der Waals surface area contributed by atoms with Gasteiger partial charge < -0.3 is 5.32 Å². The number of fused-ring (bicyclic) bond motifs is 1. The lowest BCUT2D eigenvalue weighted by molar-refractivity contribution is 0.0379. The zero-order valence-electron chi connectivity index (χ0n) is 8.50. The van der Waals surface area contributed by atoms with E-state index in [0.29, 0.717) is 12.1 Å². The lowest BCUT2D eigenvalue weighted by Crippen LogP contribution is -2.58. The fraction of sp³-hybridized carbons (Fsp3) is 1.00. The molecule has 13 heavy (non-hydrogen) atoms. The average Bonchev–Trinajstić information content (AvgIpc) is 2.19. The summed E-state index contributed by atoms with van der Waals surface area (Å²) in [5.74, 6) is 6.82. The summed E-state index contributed by atoms with van der Waals surface area (Å²) in [6.07, 6.45) is 6.65. The van der Waals surface area contributed by atoms with Crippen molar-refractivity contribution in [3.05, 3.63) is 0 Å². The Morgan fingerprint density at radius 1 is 1.23 bits per heavy atom. The minimum Gasteiger partial charge on any atom is -0.317 e. The molecule has 1 saturated heterocycles. The lowest BCUT2D eigenvalue weighted by Gasteiger charge is -2.46. The van der Waals surface area contributed by atoms with Crippen LogP contribution in [0.25, 0.3) is 0 Å². The van der Waals surface area contributed by atoms with Crippen LogP contribution in [0.5, 0.6) is 0 Å². The van der Waals surface area contributed by atoms with Gasteiger partial charge in [0, 0.05) is 18.6 Å². The smallest absolute Gasteiger partial charge is 0.0284 e. The van der Waals surface area contributed by atoms with E-state index in [1.807, 2.05) is 0 Å². The van der Waals surface area contributed by atoms with Gasteiger partial charge in [-0.25, -0.2) is 5.01 Å². The Morgan fingerprint density at radius 3 is 2.77 bits per heavy atom. The van der Waals surface area contributed by atoms with Gasteiger partial charge in [0.25, 0.3) is 0 Å². The number of nitrogens with two attached hydrogens (primary N) is 1. The first kappa shape index (κ1) is 9.44. The Balaban J connectivity index is 2.05. The maximum Gasteiger partial charge on any atom is 0.0284 e. The van der Waals surface area contributed by atoms with Gasteiger partial charge in [0.15, 0.2) is 0 Å². The summed E-state index contributed by atoms with van der Waals surface area (Å²) in [4.78, 5) is 0. The third kappa shape index (κ3) is 1.73. The van der Waals surface area contributed by atoms with Gasteiger partial charge in [-0.1, -0.05) is 12.8 Å². The van der Waals surface area contributed by atoms with Crippen LogP contribution in [0.2, 0.25) is 0 Å². The summed E-state index contributed by atoms with van der Waals surface area (Å²) >= 11 is 0. The molecule has 0 radical (unpaired) electrons. The molecule has 1 heterocycles. The Kier molecular flexibility index (Phi) is 2.86. The normalized spacial score (nSPS) is 41.5. The third-order valence-electron chi connectivity index (χ3n) is 3.79. The molecular formula is C10H21N3. The van der Waals surface area contributed by atoms with Gasteiger partial charge in [0.05, 0.1) is 0 Å². The van der Waals surface area contributed by atoms with E-state index in [1.165, 1.54) is 32.1 Å². The monoisotopic (exact) mass is 183 g/mol. The van der Waals surface area contributed by atoms with Crippen LogP contribution in [0.3, 0.4) is 0 Å². The van der Waals surface area contributed by atoms with Crippen LogP contribution in [0.4, 0.5) is 0 Å². The summed E-state index contributed by atoms with van der Waals surface area (Å²) in [5.41, 5.74) is 0. The summed E-state index contributed by atoms with van der Waals surface area (Å²) in [6, 6.07) is 1.37. The molecule has 3 heteroatoms. The molecule has 3 unspecified atom stereocenters. The molecule has 1 aliphatic carbocycles. The minimum atomic E-state index is 0.653. The van der Waals surface area contributed by atoms with E-state index >= 15 is 0 Å². The highest BCUT2D eigenvalue weighted by Crippen LogP contribution is 2.33. The van der Waals surface area contributed by atoms with Crippen LogP contribution in [0.1, 0.15) is 32.1 Å². The molecule has 2 rings (SSSR count). The average molecular weight is 183 g/mol. The molecule has 0 aromatic carbocycles. The van der Waals surface area contributed by atoms with Gasteiger partial charge in [-0.05, 0) is 32.2 Å². The van der Waals surface area contributed by atoms with Crippen molar-refractivity contribution < 1.29 is 0 Å². The van der Waals surface area contributed by atoms with Gasteiger partial charge in [-0.15, -0.1) is 0 Å². The van der Waals surface area contributed by atoms with Crippen molar-refractivity contribution in [2.24, 2.45) is 11.8 Å². The molecule has 0 aromatic heterocycles. The summed E-state index contributed by atoms with van der Waals surface area (Å²) in [6.45, 7) is 1.06. The number of hydrogen-bond acceptors (Lipinski definition) is 3. The zero-order chi connectivity index (χ0) is 9.26. The fourth-order valence-corrected chi connectivity index (χ4v) is 3.05. The predicted octanol–water partition coefficient (Wildman–Crippen LogP) is 0.713. The molecule has 0 aromatic rings. The maximum atomic E-state index is 6.01. The van der Waals surface area contributed by atoms with Crippen molar-refractivity contribution in [2.75, 3.05) is 13.6 Å². The van der Waals surface area contributed by atoms with Gasteiger partial charge in [0.1, 0.15) is 0 Å². The second-order valence-corrected chi connectivity index (χ2v) is 4.44. The Bertz CT molecular complexity index is 172. The lowest BCUT2D eigenvalue weighted by atomic mass is 9.76. The topological polar surface area (TPSA) is 41.3 Å². The quantitative estimate of drug-likeness (QED) is 0.588. The van der Waals surface area contributed by atoms with Crippen molar-refractivity contribution in [1.29, 1.82) is 0 Å². The molecule has 3 nitrogen and oxygen atoms in total. The standard InChI is InChI=1S/C10H21N3/c1-12-9-6-7-13(11)10-5-3-2-4-8(9)10/h8-10,12H,2-7,11H2,1H3. The molecule has 76 valence electrons. The first-order valence-corrected chi connectivity index (χ1v) is 5.51. The van der Waals surface area contributed by atoms with Crippen molar-refractivity contribution in [3.63, 3.8) is 0 Å². The van der Waals surface area contributed by atoms with Crippen LogP contribution >= 0.6 is 0 Å². The molecule has 0 amide bonds. The highest BCUT2D eigenvalue weighted by Gasteiger charge is 2.37. The summed E-state index contributed by atoms with van der Waals surface area (Å²) in [5, 5.41) is 5.52. The van der Waals surface area contributed by atoms with Crippen molar-refractivity contribution in [3.8, 4) is 0 Å². The van der Waals surface area contributed by atoms with E-state index < -0.39 is 0 Å². The maximum absolute atomic E-state index is 6.01.